The van der Waals surface area contributed by atoms with E-state index in [1.165, 1.54) is 5.56 Å². The standard InChI is InChI=1S/C20H17NO/c1-13(2)14-10-11-21-18(12-14)17-8-5-7-16-15-6-3-4-9-19(15)22-20(16)17/h3-13H,1-2H3. The first-order valence-electron chi connectivity index (χ1n) is 7.60. The van der Waals surface area contributed by atoms with Gasteiger partial charge in [-0.1, -0.05) is 44.2 Å². The molecule has 0 saturated carbocycles. The molecule has 108 valence electrons. The lowest BCUT2D eigenvalue weighted by Gasteiger charge is -2.07. The van der Waals surface area contributed by atoms with Gasteiger partial charge in [0.1, 0.15) is 11.2 Å². The smallest absolute Gasteiger partial charge is 0.144 e. The van der Waals surface area contributed by atoms with Crippen molar-refractivity contribution in [3.8, 4) is 11.3 Å². The molecule has 0 fully saturated rings. The van der Waals surface area contributed by atoms with E-state index >= 15 is 0 Å². The van der Waals surface area contributed by atoms with Crippen molar-refractivity contribution in [1.82, 2.24) is 4.98 Å². The maximum atomic E-state index is 6.10. The summed E-state index contributed by atoms with van der Waals surface area (Å²) in [6.07, 6.45) is 1.88. The summed E-state index contributed by atoms with van der Waals surface area (Å²) in [6, 6.07) is 18.7. The van der Waals surface area contributed by atoms with Gasteiger partial charge in [0.15, 0.2) is 0 Å². The summed E-state index contributed by atoms with van der Waals surface area (Å²) in [4.78, 5) is 4.55. The second kappa shape index (κ2) is 4.99. The summed E-state index contributed by atoms with van der Waals surface area (Å²) in [5, 5.41) is 2.30. The molecule has 4 rings (SSSR count). The fraction of sp³-hybridized carbons (Fsp3) is 0.150. The maximum absolute atomic E-state index is 6.10. The lowest BCUT2D eigenvalue weighted by atomic mass is 10.0. The molecule has 0 amide bonds. The zero-order chi connectivity index (χ0) is 15.1. The Morgan fingerprint density at radius 3 is 2.59 bits per heavy atom. The van der Waals surface area contributed by atoms with Gasteiger partial charge in [-0.2, -0.15) is 0 Å². The Kier molecular flexibility index (Phi) is 2.97. The molecule has 0 unspecified atom stereocenters. The molecule has 4 aromatic rings. The molecule has 0 bridgehead atoms. The number of fused-ring (bicyclic) bond motifs is 3. The number of hydrogen-bond acceptors (Lipinski definition) is 2. The molecule has 0 N–H and O–H groups in total. The molecule has 2 heterocycles. The third kappa shape index (κ3) is 2.00. The molecule has 0 aliphatic carbocycles. The molecular weight excluding hydrogens is 270 g/mol. The van der Waals surface area contributed by atoms with Gasteiger partial charge in [0.05, 0.1) is 5.69 Å². The second-order valence-corrected chi connectivity index (χ2v) is 5.91. The SMILES string of the molecule is CC(C)c1ccnc(-c2cccc3c2oc2ccccc23)c1. The molecule has 0 aliphatic heterocycles. The van der Waals surface area contributed by atoms with Gasteiger partial charge in [0.25, 0.3) is 0 Å². The summed E-state index contributed by atoms with van der Waals surface area (Å²) >= 11 is 0. The number of aromatic nitrogens is 1. The van der Waals surface area contributed by atoms with Crippen molar-refractivity contribution in [2.75, 3.05) is 0 Å². The summed E-state index contributed by atoms with van der Waals surface area (Å²) in [7, 11) is 0. The maximum Gasteiger partial charge on any atom is 0.144 e. The van der Waals surface area contributed by atoms with Crippen molar-refractivity contribution in [2.24, 2.45) is 0 Å². The van der Waals surface area contributed by atoms with Crippen molar-refractivity contribution in [3.63, 3.8) is 0 Å². The average molecular weight is 287 g/mol. The second-order valence-electron chi connectivity index (χ2n) is 5.91. The Morgan fingerprint density at radius 2 is 1.73 bits per heavy atom. The van der Waals surface area contributed by atoms with Crippen LogP contribution in [0.3, 0.4) is 0 Å². The molecule has 0 atom stereocenters. The normalized spacial score (nSPS) is 11.6. The van der Waals surface area contributed by atoms with Crippen molar-refractivity contribution in [3.05, 3.63) is 66.4 Å². The van der Waals surface area contributed by atoms with Crippen molar-refractivity contribution >= 4 is 21.9 Å². The van der Waals surface area contributed by atoms with E-state index in [9.17, 15) is 0 Å². The predicted octanol–water partition coefficient (Wildman–Crippen LogP) is 5.77. The fourth-order valence-corrected chi connectivity index (χ4v) is 2.90. The van der Waals surface area contributed by atoms with Crippen molar-refractivity contribution in [1.29, 1.82) is 0 Å². The molecular formula is C20H17NO. The molecule has 2 aromatic carbocycles. The lowest BCUT2D eigenvalue weighted by Crippen LogP contribution is -1.90. The van der Waals surface area contributed by atoms with E-state index in [0.717, 1.165) is 33.2 Å². The molecule has 2 nitrogen and oxygen atoms in total. The van der Waals surface area contributed by atoms with E-state index < -0.39 is 0 Å². The highest BCUT2D eigenvalue weighted by Gasteiger charge is 2.13. The number of benzene rings is 2. The highest BCUT2D eigenvalue weighted by Crippen LogP contribution is 2.35. The largest absolute Gasteiger partial charge is 0.455 e. The summed E-state index contributed by atoms with van der Waals surface area (Å²) in [6.45, 7) is 4.39. The van der Waals surface area contributed by atoms with Gasteiger partial charge in [0, 0.05) is 22.5 Å². The number of para-hydroxylation sites is 2. The van der Waals surface area contributed by atoms with Gasteiger partial charge in [-0.05, 0) is 35.7 Å². The van der Waals surface area contributed by atoms with Gasteiger partial charge in [-0.15, -0.1) is 0 Å². The molecule has 2 aromatic heterocycles. The zero-order valence-corrected chi connectivity index (χ0v) is 12.7. The Labute approximate surface area is 129 Å². The average Bonchev–Trinajstić information content (AvgIpc) is 2.93. The predicted molar refractivity (Wildman–Crippen MR) is 91.0 cm³/mol. The van der Waals surface area contributed by atoms with E-state index in [4.69, 9.17) is 4.42 Å². The lowest BCUT2D eigenvalue weighted by molar-refractivity contribution is 0.670. The van der Waals surface area contributed by atoms with Crippen LogP contribution in [0.5, 0.6) is 0 Å². The molecule has 0 radical (unpaired) electrons. The van der Waals surface area contributed by atoms with Gasteiger partial charge < -0.3 is 4.42 Å². The minimum atomic E-state index is 0.483. The van der Waals surface area contributed by atoms with Crippen LogP contribution in [0, 0.1) is 0 Å². The van der Waals surface area contributed by atoms with Crippen molar-refractivity contribution < 1.29 is 4.42 Å². The van der Waals surface area contributed by atoms with Gasteiger partial charge >= 0.3 is 0 Å². The van der Waals surface area contributed by atoms with Crippen LogP contribution in [0.2, 0.25) is 0 Å². The topological polar surface area (TPSA) is 26.0 Å². The molecule has 0 saturated heterocycles. The Bertz CT molecular complexity index is 966. The summed E-state index contributed by atoms with van der Waals surface area (Å²) in [5.74, 6) is 0.483. The zero-order valence-electron chi connectivity index (χ0n) is 12.7. The van der Waals surface area contributed by atoms with Crippen LogP contribution < -0.4 is 0 Å². The minimum absolute atomic E-state index is 0.483. The van der Waals surface area contributed by atoms with Gasteiger partial charge in [-0.3, -0.25) is 4.98 Å². The van der Waals surface area contributed by atoms with Crippen LogP contribution in [-0.4, -0.2) is 4.98 Å². The molecule has 22 heavy (non-hydrogen) atoms. The third-order valence-corrected chi connectivity index (χ3v) is 4.13. The first-order valence-corrected chi connectivity index (χ1v) is 7.60. The summed E-state index contributed by atoms with van der Waals surface area (Å²) in [5.41, 5.74) is 5.15. The van der Waals surface area contributed by atoms with Crippen LogP contribution in [0.15, 0.2) is 65.2 Å². The van der Waals surface area contributed by atoms with E-state index in [2.05, 4.69) is 55.2 Å². The Hall–Kier alpha value is -2.61. The van der Waals surface area contributed by atoms with Gasteiger partial charge in [-0.25, -0.2) is 0 Å². The van der Waals surface area contributed by atoms with Crippen LogP contribution in [0.4, 0.5) is 0 Å². The van der Waals surface area contributed by atoms with Crippen LogP contribution in [0.1, 0.15) is 25.3 Å². The van der Waals surface area contributed by atoms with E-state index in [1.54, 1.807) is 0 Å². The van der Waals surface area contributed by atoms with E-state index in [1.807, 2.05) is 24.4 Å². The van der Waals surface area contributed by atoms with Crippen LogP contribution >= 0.6 is 0 Å². The van der Waals surface area contributed by atoms with Crippen LogP contribution in [0.25, 0.3) is 33.2 Å². The number of pyridine rings is 1. The number of furan rings is 1. The summed E-state index contributed by atoms with van der Waals surface area (Å²) < 4.78 is 6.10. The minimum Gasteiger partial charge on any atom is -0.455 e. The highest BCUT2D eigenvalue weighted by molar-refractivity contribution is 6.09. The van der Waals surface area contributed by atoms with Crippen molar-refractivity contribution in [2.45, 2.75) is 19.8 Å². The number of rotatable bonds is 2. The Balaban J connectivity index is 2.01. The first-order chi connectivity index (χ1) is 10.7. The molecule has 2 heteroatoms. The van der Waals surface area contributed by atoms with E-state index in [-0.39, 0.29) is 0 Å². The fourth-order valence-electron chi connectivity index (χ4n) is 2.90. The Morgan fingerprint density at radius 1 is 0.909 bits per heavy atom. The quantitative estimate of drug-likeness (QED) is 0.467. The van der Waals surface area contributed by atoms with Gasteiger partial charge in [0.2, 0.25) is 0 Å². The highest BCUT2D eigenvalue weighted by atomic mass is 16.3. The van der Waals surface area contributed by atoms with Crippen LogP contribution in [-0.2, 0) is 0 Å². The van der Waals surface area contributed by atoms with E-state index in [0.29, 0.717) is 5.92 Å². The third-order valence-electron chi connectivity index (χ3n) is 4.13. The molecule has 0 aliphatic rings. The monoisotopic (exact) mass is 287 g/mol. The molecule has 0 spiro atoms. The first kappa shape index (κ1) is 13.1. The number of hydrogen-bond donors (Lipinski definition) is 0. The number of nitrogens with zero attached hydrogens (tertiary/aromatic N) is 1.